The third-order valence-electron chi connectivity index (χ3n) is 2.76. The number of nitrogens with zero attached hydrogens (tertiary/aromatic N) is 1. The van der Waals surface area contributed by atoms with E-state index in [-0.39, 0.29) is 11.9 Å². The maximum Gasteiger partial charge on any atom is 0.239 e. The fourth-order valence-electron chi connectivity index (χ4n) is 1.81. The van der Waals surface area contributed by atoms with E-state index in [1.54, 1.807) is 7.11 Å². The predicted molar refractivity (Wildman–Crippen MR) is 54.8 cm³/mol. The minimum Gasteiger partial charge on any atom is -0.384 e. The molecule has 1 fully saturated rings. The topological polar surface area (TPSA) is 55.6 Å². The average Bonchev–Trinajstić information content (AvgIpc) is 2.64. The Morgan fingerprint density at radius 3 is 3.00 bits per heavy atom. The standard InChI is InChI=1S/C10H20N2O2/c1-3-9(11)10(13)12-5-4-8(6-12)7-14-2/h8-9H,3-7,11H2,1-2H3/t8?,9-/m1/s1. The van der Waals surface area contributed by atoms with E-state index in [0.29, 0.717) is 12.3 Å². The Kier molecular flexibility index (Phi) is 4.35. The van der Waals surface area contributed by atoms with E-state index in [2.05, 4.69) is 0 Å². The van der Waals surface area contributed by atoms with Crippen LogP contribution >= 0.6 is 0 Å². The summed E-state index contributed by atoms with van der Waals surface area (Å²) >= 11 is 0. The molecule has 0 radical (unpaired) electrons. The van der Waals surface area contributed by atoms with Crippen molar-refractivity contribution in [1.82, 2.24) is 4.90 Å². The summed E-state index contributed by atoms with van der Waals surface area (Å²) in [6.07, 6.45) is 1.75. The van der Waals surface area contributed by atoms with Crippen LogP contribution in [0.15, 0.2) is 0 Å². The van der Waals surface area contributed by atoms with Crippen molar-refractivity contribution in [2.45, 2.75) is 25.8 Å². The molecule has 0 bridgehead atoms. The van der Waals surface area contributed by atoms with Gasteiger partial charge in [-0.1, -0.05) is 6.92 Å². The molecule has 2 atom stereocenters. The second-order valence-corrected chi connectivity index (χ2v) is 3.91. The van der Waals surface area contributed by atoms with Gasteiger partial charge in [0.15, 0.2) is 0 Å². The summed E-state index contributed by atoms with van der Waals surface area (Å²) in [5.74, 6) is 0.583. The van der Waals surface area contributed by atoms with Crippen LogP contribution in [0.3, 0.4) is 0 Å². The quantitative estimate of drug-likeness (QED) is 0.706. The Morgan fingerprint density at radius 2 is 2.43 bits per heavy atom. The van der Waals surface area contributed by atoms with Crippen LogP contribution in [-0.2, 0) is 9.53 Å². The van der Waals surface area contributed by atoms with Gasteiger partial charge in [0.1, 0.15) is 0 Å². The summed E-state index contributed by atoms with van der Waals surface area (Å²) in [6, 6.07) is -0.323. The average molecular weight is 200 g/mol. The number of hydrogen-bond acceptors (Lipinski definition) is 3. The Morgan fingerprint density at radius 1 is 1.71 bits per heavy atom. The highest BCUT2D eigenvalue weighted by Gasteiger charge is 2.28. The van der Waals surface area contributed by atoms with Gasteiger partial charge >= 0.3 is 0 Å². The van der Waals surface area contributed by atoms with Crippen LogP contribution in [0.4, 0.5) is 0 Å². The van der Waals surface area contributed by atoms with E-state index >= 15 is 0 Å². The van der Waals surface area contributed by atoms with E-state index in [1.807, 2.05) is 11.8 Å². The van der Waals surface area contributed by atoms with Crippen LogP contribution in [0, 0.1) is 5.92 Å². The molecule has 1 aliphatic heterocycles. The lowest BCUT2D eigenvalue weighted by atomic mass is 10.1. The summed E-state index contributed by atoms with van der Waals surface area (Å²) in [5, 5.41) is 0. The first-order valence-corrected chi connectivity index (χ1v) is 5.22. The van der Waals surface area contributed by atoms with Crippen LogP contribution in [0.5, 0.6) is 0 Å². The van der Waals surface area contributed by atoms with Crippen molar-refractivity contribution in [3.63, 3.8) is 0 Å². The van der Waals surface area contributed by atoms with Gasteiger partial charge < -0.3 is 15.4 Å². The number of carbonyl (C=O) groups excluding carboxylic acids is 1. The van der Waals surface area contributed by atoms with Crippen molar-refractivity contribution < 1.29 is 9.53 Å². The summed E-state index contributed by atoms with van der Waals surface area (Å²) < 4.78 is 5.07. The molecule has 0 aromatic carbocycles. The molecule has 0 saturated carbocycles. The third-order valence-corrected chi connectivity index (χ3v) is 2.76. The van der Waals surface area contributed by atoms with Gasteiger partial charge in [-0.3, -0.25) is 4.79 Å². The molecule has 1 aliphatic rings. The number of amides is 1. The molecule has 4 nitrogen and oxygen atoms in total. The molecule has 2 N–H and O–H groups in total. The number of rotatable bonds is 4. The molecule has 14 heavy (non-hydrogen) atoms. The molecule has 1 amide bonds. The molecule has 0 aromatic rings. The number of carbonyl (C=O) groups is 1. The fourth-order valence-corrected chi connectivity index (χ4v) is 1.81. The van der Waals surface area contributed by atoms with Crippen molar-refractivity contribution in [2.75, 3.05) is 26.8 Å². The molecular formula is C10H20N2O2. The van der Waals surface area contributed by atoms with E-state index in [4.69, 9.17) is 10.5 Å². The minimum atomic E-state index is -0.323. The number of nitrogens with two attached hydrogens (primary N) is 1. The Balaban J connectivity index is 2.37. The predicted octanol–water partition coefficient (Wildman–Crippen LogP) is 0.219. The van der Waals surface area contributed by atoms with Crippen LogP contribution in [0.1, 0.15) is 19.8 Å². The van der Waals surface area contributed by atoms with E-state index in [9.17, 15) is 4.79 Å². The first-order valence-electron chi connectivity index (χ1n) is 5.22. The van der Waals surface area contributed by atoms with Gasteiger partial charge in [0.05, 0.1) is 12.6 Å². The molecule has 82 valence electrons. The van der Waals surface area contributed by atoms with Gasteiger partial charge in [0, 0.05) is 26.1 Å². The van der Waals surface area contributed by atoms with Crippen LogP contribution in [0.25, 0.3) is 0 Å². The largest absolute Gasteiger partial charge is 0.384 e. The van der Waals surface area contributed by atoms with E-state index < -0.39 is 0 Å². The monoisotopic (exact) mass is 200 g/mol. The summed E-state index contributed by atoms with van der Waals surface area (Å²) in [7, 11) is 1.70. The highest BCUT2D eigenvalue weighted by Crippen LogP contribution is 2.17. The van der Waals surface area contributed by atoms with E-state index in [1.165, 1.54) is 0 Å². The third kappa shape index (κ3) is 2.69. The number of hydrogen-bond donors (Lipinski definition) is 1. The van der Waals surface area contributed by atoms with Crippen molar-refractivity contribution in [2.24, 2.45) is 11.7 Å². The zero-order chi connectivity index (χ0) is 10.6. The molecule has 1 unspecified atom stereocenters. The second kappa shape index (κ2) is 5.32. The molecule has 4 heteroatoms. The minimum absolute atomic E-state index is 0.0890. The van der Waals surface area contributed by atoms with Gasteiger partial charge in [-0.15, -0.1) is 0 Å². The van der Waals surface area contributed by atoms with Crippen molar-refractivity contribution in [3.05, 3.63) is 0 Å². The molecule has 1 saturated heterocycles. The molecule has 0 spiro atoms. The highest BCUT2D eigenvalue weighted by molar-refractivity contribution is 5.81. The Labute approximate surface area is 85.4 Å². The second-order valence-electron chi connectivity index (χ2n) is 3.91. The van der Waals surface area contributed by atoms with Crippen LogP contribution < -0.4 is 5.73 Å². The van der Waals surface area contributed by atoms with Crippen LogP contribution in [-0.4, -0.2) is 43.7 Å². The molecule has 1 rings (SSSR count). The summed E-state index contributed by atoms with van der Waals surface area (Å²) in [5.41, 5.74) is 5.69. The lowest BCUT2D eigenvalue weighted by Gasteiger charge is -2.19. The lowest BCUT2D eigenvalue weighted by Crippen LogP contribution is -2.42. The summed E-state index contributed by atoms with van der Waals surface area (Å²) in [4.78, 5) is 13.5. The van der Waals surface area contributed by atoms with Crippen molar-refractivity contribution in [3.8, 4) is 0 Å². The number of methoxy groups -OCH3 is 1. The van der Waals surface area contributed by atoms with Gasteiger partial charge in [-0.05, 0) is 12.8 Å². The van der Waals surface area contributed by atoms with Crippen molar-refractivity contribution in [1.29, 1.82) is 0 Å². The lowest BCUT2D eigenvalue weighted by molar-refractivity contribution is -0.131. The Bertz CT molecular complexity index is 197. The van der Waals surface area contributed by atoms with Crippen molar-refractivity contribution >= 4 is 5.91 Å². The van der Waals surface area contributed by atoms with Gasteiger partial charge in [0.25, 0.3) is 0 Å². The van der Waals surface area contributed by atoms with Gasteiger partial charge in [-0.25, -0.2) is 0 Å². The highest BCUT2D eigenvalue weighted by atomic mass is 16.5. The molecule has 0 aromatic heterocycles. The zero-order valence-electron chi connectivity index (χ0n) is 9.03. The first-order chi connectivity index (χ1) is 6.69. The maximum absolute atomic E-state index is 11.7. The number of ether oxygens (including phenoxy) is 1. The first kappa shape index (κ1) is 11.5. The van der Waals surface area contributed by atoms with E-state index in [0.717, 1.165) is 26.1 Å². The smallest absolute Gasteiger partial charge is 0.239 e. The molecule has 1 heterocycles. The SMILES string of the molecule is CC[C@@H](N)C(=O)N1CCC(COC)C1. The van der Waals surface area contributed by atoms with Gasteiger partial charge in [0.2, 0.25) is 5.91 Å². The molecule has 0 aliphatic carbocycles. The van der Waals surface area contributed by atoms with Gasteiger partial charge in [-0.2, -0.15) is 0 Å². The normalized spacial score (nSPS) is 23.9. The zero-order valence-corrected chi connectivity index (χ0v) is 9.03. The Hall–Kier alpha value is -0.610. The molecular weight excluding hydrogens is 180 g/mol. The maximum atomic E-state index is 11.7. The van der Waals surface area contributed by atoms with Crippen LogP contribution in [0.2, 0.25) is 0 Å². The number of likely N-dealkylation sites (tertiary alicyclic amines) is 1. The summed E-state index contributed by atoms with van der Waals surface area (Å²) in [6.45, 7) is 4.32. The fraction of sp³-hybridized carbons (Fsp3) is 0.900.